The molecule has 8 heteroatoms. The van der Waals surface area contributed by atoms with Gasteiger partial charge in [-0.1, -0.05) is 30.5 Å². The Labute approximate surface area is 183 Å². The van der Waals surface area contributed by atoms with Gasteiger partial charge in [0.05, 0.1) is 16.6 Å². The van der Waals surface area contributed by atoms with Crippen LogP contribution in [-0.2, 0) is 9.59 Å². The summed E-state index contributed by atoms with van der Waals surface area (Å²) in [6.45, 7) is 0.0810. The number of halogens is 1. The van der Waals surface area contributed by atoms with Crippen molar-refractivity contribution >= 4 is 29.1 Å². The highest BCUT2D eigenvalue weighted by atomic mass is 35.5. The van der Waals surface area contributed by atoms with E-state index < -0.39 is 17.7 Å². The fourth-order valence-corrected chi connectivity index (χ4v) is 4.82. The Hall–Kier alpha value is -3.19. The summed E-state index contributed by atoms with van der Waals surface area (Å²) in [5, 5.41) is 21.1. The van der Waals surface area contributed by atoms with E-state index in [1.807, 2.05) is 0 Å². The number of ether oxygens (including phenoxy) is 2. The van der Waals surface area contributed by atoms with Gasteiger partial charge in [0.25, 0.3) is 11.7 Å². The van der Waals surface area contributed by atoms with Gasteiger partial charge in [0.1, 0.15) is 11.5 Å². The zero-order valence-electron chi connectivity index (χ0n) is 16.5. The molecule has 2 aromatic carbocycles. The Morgan fingerprint density at radius 1 is 1.03 bits per heavy atom. The average molecular weight is 442 g/mol. The van der Waals surface area contributed by atoms with Crippen molar-refractivity contribution in [3.63, 3.8) is 0 Å². The first-order valence-corrected chi connectivity index (χ1v) is 10.5. The monoisotopic (exact) mass is 441 g/mol. The van der Waals surface area contributed by atoms with Crippen molar-refractivity contribution in [3.8, 4) is 17.2 Å². The van der Waals surface area contributed by atoms with Crippen LogP contribution in [0.25, 0.3) is 5.76 Å². The van der Waals surface area contributed by atoms with Crippen LogP contribution in [-0.4, -0.2) is 39.6 Å². The SMILES string of the molecule is O=C1C(=O)N(C2CCCC2)C(c2ccc(O)c(Cl)c2)/C1=C(/O)c1ccc2c(c1)OCO2. The first kappa shape index (κ1) is 19.8. The minimum atomic E-state index is -0.799. The maximum absolute atomic E-state index is 13.1. The molecule has 3 aliphatic rings. The van der Waals surface area contributed by atoms with Crippen LogP contribution in [0.3, 0.4) is 0 Å². The van der Waals surface area contributed by atoms with Crippen molar-refractivity contribution in [2.75, 3.05) is 6.79 Å². The summed E-state index contributed by atoms with van der Waals surface area (Å²) in [6.07, 6.45) is 3.52. The third kappa shape index (κ3) is 3.20. The number of amides is 1. The number of ketones is 1. The molecular formula is C23H20ClNO6. The van der Waals surface area contributed by atoms with E-state index in [0.717, 1.165) is 25.7 Å². The molecule has 1 atom stereocenters. The molecule has 0 aromatic heterocycles. The largest absolute Gasteiger partial charge is 0.507 e. The molecule has 0 spiro atoms. The van der Waals surface area contributed by atoms with Gasteiger partial charge in [-0.05, 0) is 48.7 Å². The Morgan fingerprint density at radius 2 is 1.77 bits per heavy atom. The fraction of sp³-hybridized carbons (Fsp3) is 0.304. The van der Waals surface area contributed by atoms with Crippen LogP contribution >= 0.6 is 11.6 Å². The predicted octanol–water partition coefficient (Wildman–Crippen LogP) is 4.14. The summed E-state index contributed by atoms with van der Waals surface area (Å²) in [6, 6.07) is 8.52. The summed E-state index contributed by atoms with van der Waals surface area (Å²) in [5.41, 5.74) is 0.900. The minimum absolute atomic E-state index is 0.00229. The minimum Gasteiger partial charge on any atom is -0.507 e. The smallest absolute Gasteiger partial charge is 0.295 e. The van der Waals surface area contributed by atoms with Gasteiger partial charge in [-0.25, -0.2) is 0 Å². The molecule has 2 aromatic rings. The number of carbonyl (C=O) groups excluding carboxylic acids is 2. The van der Waals surface area contributed by atoms with Crippen molar-refractivity contribution in [1.29, 1.82) is 0 Å². The number of Topliss-reactive ketones (excluding diaryl/α,β-unsaturated/α-hetero) is 1. The topological polar surface area (TPSA) is 96.3 Å². The molecular weight excluding hydrogens is 422 g/mol. The van der Waals surface area contributed by atoms with Gasteiger partial charge in [0.2, 0.25) is 6.79 Å². The van der Waals surface area contributed by atoms with Crippen molar-refractivity contribution in [2.45, 2.75) is 37.8 Å². The number of fused-ring (bicyclic) bond motifs is 1. The Balaban J connectivity index is 1.67. The molecule has 7 nitrogen and oxygen atoms in total. The third-order valence-corrected chi connectivity index (χ3v) is 6.43. The Morgan fingerprint density at radius 3 is 2.52 bits per heavy atom. The van der Waals surface area contributed by atoms with E-state index in [0.29, 0.717) is 22.6 Å². The van der Waals surface area contributed by atoms with Gasteiger partial charge in [0, 0.05) is 11.6 Å². The van der Waals surface area contributed by atoms with Crippen molar-refractivity contribution in [2.24, 2.45) is 0 Å². The van der Waals surface area contributed by atoms with Crippen molar-refractivity contribution < 1.29 is 29.3 Å². The van der Waals surface area contributed by atoms with Crippen LogP contribution in [0.1, 0.15) is 42.9 Å². The summed E-state index contributed by atoms with van der Waals surface area (Å²) in [5.74, 6) is -0.756. The lowest BCUT2D eigenvalue weighted by molar-refractivity contribution is -0.141. The van der Waals surface area contributed by atoms with Crippen molar-refractivity contribution in [1.82, 2.24) is 4.90 Å². The van der Waals surface area contributed by atoms with Gasteiger partial charge in [-0.2, -0.15) is 0 Å². The first-order valence-electron chi connectivity index (χ1n) is 10.1. The van der Waals surface area contributed by atoms with Gasteiger partial charge in [-0.15, -0.1) is 0 Å². The number of aromatic hydroxyl groups is 1. The number of phenols is 1. The lowest BCUT2D eigenvalue weighted by atomic mass is 9.94. The maximum Gasteiger partial charge on any atom is 0.295 e. The predicted molar refractivity (Wildman–Crippen MR) is 112 cm³/mol. The van der Waals surface area contributed by atoms with E-state index in [1.54, 1.807) is 29.2 Å². The molecule has 2 heterocycles. The van der Waals surface area contributed by atoms with E-state index >= 15 is 0 Å². The number of aliphatic hydroxyl groups is 1. The zero-order chi connectivity index (χ0) is 21.7. The molecule has 0 radical (unpaired) electrons. The van der Waals surface area contributed by atoms with E-state index in [1.165, 1.54) is 12.1 Å². The third-order valence-electron chi connectivity index (χ3n) is 6.13. The second-order valence-corrected chi connectivity index (χ2v) is 8.33. The summed E-state index contributed by atoms with van der Waals surface area (Å²) < 4.78 is 10.7. The van der Waals surface area contributed by atoms with Crippen LogP contribution in [0.4, 0.5) is 0 Å². The van der Waals surface area contributed by atoms with Crippen LogP contribution in [0, 0.1) is 0 Å². The van der Waals surface area contributed by atoms with Gasteiger partial charge >= 0.3 is 0 Å². The standard InChI is InChI=1S/C23H20ClNO6/c24-15-9-12(5-7-16(15)26)20-19(22(28)23(29)25(20)14-3-1-2-4-14)21(27)13-6-8-17-18(10-13)31-11-30-17/h5-10,14,20,26-27H,1-4,11H2/b21-19-. The number of hydrogen-bond donors (Lipinski definition) is 2. The number of phenolic OH excluding ortho intramolecular Hbond substituents is 1. The van der Waals surface area contributed by atoms with Crippen LogP contribution in [0.15, 0.2) is 42.0 Å². The number of nitrogens with zero attached hydrogens (tertiary/aromatic N) is 1. The number of aliphatic hydroxyl groups excluding tert-OH is 1. The molecule has 1 unspecified atom stereocenters. The maximum atomic E-state index is 13.1. The molecule has 2 fully saturated rings. The fourth-order valence-electron chi connectivity index (χ4n) is 4.63. The highest BCUT2D eigenvalue weighted by Gasteiger charge is 2.49. The molecule has 1 saturated heterocycles. The quantitative estimate of drug-likeness (QED) is 0.422. The molecule has 2 aliphatic heterocycles. The molecule has 31 heavy (non-hydrogen) atoms. The summed E-state index contributed by atoms with van der Waals surface area (Å²) >= 11 is 6.13. The van der Waals surface area contributed by atoms with Gasteiger partial charge < -0.3 is 24.6 Å². The van der Waals surface area contributed by atoms with E-state index in [-0.39, 0.29) is 34.9 Å². The highest BCUT2D eigenvalue weighted by molar-refractivity contribution is 6.46. The van der Waals surface area contributed by atoms with Crippen molar-refractivity contribution in [3.05, 3.63) is 58.1 Å². The van der Waals surface area contributed by atoms with Crippen LogP contribution < -0.4 is 9.47 Å². The second kappa shape index (κ2) is 7.50. The lowest BCUT2D eigenvalue weighted by Crippen LogP contribution is -2.37. The van der Waals surface area contributed by atoms with E-state index in [2.05, 4.69) is 0 Å². The number of hydrogen-bond acceptors (Lipinski definition) is 6. The molecule has 2 N–H and O–H groups in total. The van der Waals surface area contributed by atoms with Crippen LogP contribution in [0.5, 0.6) is 17.2 Å². The second-order valence-electron chi connectivity index (χ2n) is 7.92. The molecule has 1 aliphatic carbocycles. The number of likely N-dealkylation sites (tertiary alicyclic amines) is 1. The molecule has 1 saturated carbocycles. The summed E-state index contributed by atoms with van der Waals surface area (Å²) in [4.78, 5) is 27.7. The number of rotatable bonds is 3. The molecule has 5 rings (SSSR count). The van der Waals surface area contributed by atoms with E-state index in [4.69, 9.17) is 21.1 Å². The first-order chi connectivity index (χ1) is 15.0. The number of carbonyl (C=O) groups is 2. The normalized spacial score (nSPS) is 22.5. The Bertz CT molecular complexity index is 1120. The Kier molecular flexibility index (Phi) is 4.78. The average Bonchev–Trinajstić information content (AvgIpc) is 3.50. The lowest BCUT2D eigenvalue weighted by Gasteiger charge is -2.31. The molecule has 1 amide bonds. The molecule has 0 bridgehead atoms. The zero-order valence-corrected chi connectivity index (χ0v) is 17.3. The van der Waals surface area contributed by atoms with Gasteiger partial charge in [0.15, 0.2) is 11.5 Å². The van der Waals surface area contributed by atoms with Crippen LogP contribution in [0.2, 0.25) is 5.02 Å². The van der Waals surface area contributed by atoms with Gasteiger partial charge in [-0.3, -0.25) is 9.59 Å². The molecule has 160 valence electrons. The summed E-state index contributed by atoms with van der Waals surface area (Å²) in [7, 11) is 0. The number of benzene rings is 2. The highest BCUT2D eigenvalue weighted by Crippen LogP contribution is 2.45. The van der Waals surface area contributed by atoms with E-state index in [9.17, 15) is 19.8 Å².